The van der Waals surface area contributed by atoms with Gasteiger partial charge in [0.05, 0.1) is 17.6 Å². The Morgan fingerprint density at radius 2 is 1.82 bits per heavy atom. The van der Waals surface area contributed by atoms with Crippen molar-refractivity contribution in [3.8, 4) is 11.5 Å². The minimum atomic E-state index is -0.272. The summed E-state index contributed by atoms with van der Waals surface area (Å²) in [5, 5.41) is 4.05. The standard InChI is InChI=1S/C26H27ClFN3O2/c1-2-32-24-14-19(21(27)15-25(24)33-17-18-9-11-20(28)12-10-18)16-29-13-5-8-26-30-22-6-3-4-7-23(22)31-26/h3-4,6-7,9-12,14-15,29H,2,5,8,13,16-17H2,1H3,(H,30,31). The first-order valence-corrected chi connectivity index (χ1v) is 11.5. The van der Waals surface area contributed by atoms with Gasteiger partial charge in [-0.25, -0.2) is 9.37 Å². The molecule has 4 rings (SSSR count). The summed E-state index contributed by atoms with van der Waals surface area (Å²) in [7, 11) is 0. The number of ether oxygens (including phenoxy) is 2. The molecule has 33 heavy (non-hydrogen) atoms. The Morgan fingerprint density at radius 3 is 2.61 bits per heavy atom. The molecule has 0 saturated heterocycles. The molecular formula is C26H27ClFN3O2. The fraction of sp³-hybridized carbons (Fsp3) is 0.269. The zero-order chi connectivity index (χ0) is 23.0. The third-order valence-electron chi connectivity index (χ3n) is 5.24. The van der Waals surface area contributed by atoms with E-state index in [-0.39, 0.29) is 5.82 Å². The van der Waals surface area contributed by atoms with Gasteiger partial charge in [0.25, 0.3) is 0 Å². The SMILES string of the molecule is CCOc1cc(CNCCCc2nc3ccccc3[nH]2)c(Cl)cc1OCc1ccc(F)cc1. The summed E-state index contributed by atoms with van der Waals surface area (Å²) in [5.74, 6) is 1.94. The molecule has 7 heteroatoms. The minimum absolute atomic E-state index is 0.272. The second-order valence-electron chi connectivity index (χ2n) is 7.72. The van der Waals surface area contributed by atoms with Crippen LogP contribution in [0.5, 0.6) is 11.5 Å². The van der Waals surface area contributed by atoms with Crippen LogP contribution in [0.15, 0.2) is 60.7 Å². The quantitative estimate of drug-likeness (QED) is 0.263. The van der Waals surface area contributed by atoms with Crippen molar-refractivity contribution in [2.75, 3.05) is 13.2 Å². The molecule has 0 spiro atoms. The average Bonchev–Trinajstić information content (AvgIpc) is 3.23. The molecule has 0 aliphatic heterocycles. The zero-order valence-electron chi connectivity index (χ0n) is 18.5. The molecule has 0 aliphatic rings. The fourth-order valence-corrected chi connectivity index (χ4v) is 3.78. The van der Waals surface area contributed by atoms with Crippen LogP contribution >= 0.6 is 11.6 Å². The van der Waals surface area contributed by atoms with Crippen LogP contribution in [0, 0.1) is 5.82 Å². The Balaban J connectivity index is 1.31. The van der Waals surface area contributed by atoms with Crippen LogP contribution in [-0.4, -0.2) is 23.1 Å². The predicted molar refractivity (Wildman–Crippen MR) is 129 cm³/mol. The first-order chi connectivity index (χ1) is 16.1. The summed E-state index contributed by atoms with van der Waals surface area (Å²) in [6, 6.07) is 18.0. The Labute approximate surface area is 197 Å². The molecule has 1 heterocycles. The molecule has 0 bridgehead atoms. The number of H-pyrrole nitrogens is 1. The van der Waals surface area contributed by atoms with Gasteiger partial charge in [0, 0.05) is 24.1 Å². The second-order valence-corrected chi connectivity index (χ2v) is 8.13. The number of benzene rings is 3. The predicted octanol–water partition coefficient (Wildman–Crippen LogP) is 6.06. The van der Waals surface area contributed by atoms with E-state index in [1.807, 2.05) is 37.3 Å². The Hall–Kier alpha value is -3.09. The summed E-state index contributed by atoms with van der Waals surface area (Å²) in [5.41, 5.74) is 3.87. The molecule has 2 N–H and O–H groups in total. The molecule has 1 aromatic heterocycles. The van der Waals surface area contributed by atoms with E-state index in [2.05, 4.69) is 15.3 Å². The highest BCUT2D eigenvalue weighted by Gasteiger charge is 2.12. The maximum absolute atomic E-state index is 13.1. The number of hydrogen-bond donors (Lipinski definition) is 2. The van der Waals surface area contributed by atoms with Crippen LogP contribution in [0.3, 0.4) is 0 Å². The first-order valence-electron chi connectivity index (χ1n) is 11.1. The summed E-state index contributed by atoms with van der Waals surface area (Å²) < 4.78 is 24.8. The minimum Gasteiger partial charge on any atom is -0.490 e. The first kappa shape index (κ1) is 23.1. The van der Waals surface area contributed by atoms with Crippen molar-refractivity contribution in [1.82, 2.24) is 15.3 Å². The van der Waals surface area contributed by atoms with Crippen molar-refractivity contribution in [2.45, 2.75) is 32.9 Å². The van der Waals surface area contributed by atoms with Gasteiger partial charge >= 0.3 is 0 Å². The number of fused-ring (bicyclic) bond motifs is 1. The van der Waals surface area contributed by atoms with Crippen LogP contribution in [0.1, 0.15) is 30.3 Å². The fourth-order valence-electron chi connectivity index (χ4n) is 3.56. The molecule has 0 atom stereocenters. The van der Waals surface area contributed by atoms with Gasteiger partial charge in [-0.2, -0.15) is 0 Å². The highest BCUT2D eigenvalue weighted by molar-refractivity contribution is 6.31. The molecule has 0 amide bonds. The smallest absolute Gasteiger partial charge is 0.163 e. The summed E-state index contributed by atoms with van der Waals surface area (Å²) in [6.07, 6.45) is 1.82. The lowest BCUT2D eigenvalue weighted by atomic mass is 10.2. The highest BCUT2D eigenvalue weighted by atomic mass is 35.5. The molecule has 0 unspecified atom stereocenters. The number of aryl methyl sites for hydroxylation is 1. The topological polar surface area (TPSA) is 59.2 Å². The molecule has 0 saturated carbocycles. The van der Waals surface area contributed by atoms with Gasteiger partial charge in [-0.05, 0) is 61.3 Å². The van der Waals surface area contributed by atoms with Crippen molar-refractivity contribution in [3.63, 3.8) is 0 Å². The molecule has 4 aromatic rings. The Bertz CT molecular complexity index is 1160. The number of imidazole rings is 1. The lowest BCUT2D eigenvalue weighted by Gasteiger charge is -2.15. The lowest BCUT2D eigenvalue weighted by molar-refractivity contribution is 0.269. The van der Waals surface area contributed by atoms with E-state index >= 15 is 0 Å². The van der Waals surface area contributed by atoms with Crippen LogP contribution in [0.2, 0.25) is 5.02 Å². The van der Waals surface area contributed by atoms with Crippen molar-refractivity contribution in [1.29, 1.82) is 0 Å². The summed E-state index contributed by atoms with van der Waals surface area (Å²) >= 11 is 6.52. The van der Waals surface area contributed by atoms with Crippen LogP contribution in [-0.2, 0) is 19.6 Å². The molecule has 0 aliphatic carbocycles. The molecular weight excluding hydrogens is 441 g/mol. The van der Waals surface area contributed by atoms with Crippen molar-refractivity contribution >= 4 is 22.6 Å². The van der Waals surface area contributed by atoms with E-state index in [1.54, 1.807) is 18.2 Å². The largest absolute Gasteiger partial charge is 0.490 e. The van der Waals surface area contributed by atoms with Gasteiger partial charge in [0.2, 0.25) is 0 Å². The third-order valence-corrected chi connectivity index (χ3v) is 5.59. The Kier molecular flexibility index (Phi) is 7.81. The number of hydrogen-bond acceptors (Lipinski definition) is 4. The number of aromatic amines is 1. The van der Waals surface area contributed by atoms with Crippen molar-refractivity contribution < 1.29 is 13.9 Å². The van der Waals surface area contributed by atoms with Crippen LogP contribution < -0.4 is 14.8 Å². The number of aromatic nitrogens is 2. The van der Waals surface area contributed by atoms with Crippen molar-refractivity contribution in [3.05, 3.63) is 88.5 Å². The molecule has 3 aromatic carbocycles. The Morgan fingerprint density at radius 1 is 1.03 bits per heavy atom. The van der Waals surface area contributed by atoms with Crippen LogP contribution in [0.4, 0.5) is 4.39 Å². The normalized spacial score (nSPS) is 11.1. The van der Waals surface area contributed by atoms with Gasteiger partial charge in [-0.3, -0.25) is 0 Å². The average molecular weight is 468 g/mol. The van der Waals surface area contributed by atoms with Crippen LogP contribution in [0.25, 0.3) is 11.0 Å². The van der Waals surface area contributed by atoms with E-state index < -0.39 is 0 Å². The highest BCUT2D eigenvalue weighted by Crippen LogP contribution is 2.34. The monoisotopic (exact) mass is 467 g/mol. The van der Waals surface area contributed by atoms with Gasteiger partial charge in [-0.15, -0.1) is 0 Å². The van der Waals surface area contributed by atoms with E-state index in [1.165, 1.54) is 12.1 Å². The van der Waals surface area contributed by atoms with Gasteiger partial charge in [0.1, 0.15) is 18.2 Å². The number of nitrogens with zero attached hydrogens (tertiary/aromatic N) is 1. The molecule has 0 fully saturated rings. The number of para-hydroxylation sites is 2. The third kappa shape index (κ3) is 6.24. The number of halogens is 2. The second kappa shape index (κ2) is 11.2. The molecule has 172 valence electrons. The van der Waals surface area contributed by atoms with E-state index in [4.69, 9.17) is 21.1 Å². The number of rotatable bonds is 11. The summed E-state index contributed by atoms with van der Waals surface area (Å²) in [4.78, 5) is 7.97. The van der Waals surface area contributed by atoms with E-state index in [0.29, 0.717) is 36.3 Å². The summed E-state index contributed by atoms with van der Waals surface area (Å²) in [6.45, 7) is 4.20. The van der Waals surface area contributed by atoms with Gasteiger partial charge < -0.3 is 19.8 Å². The maximum Gasteiger partial charge on any atom is 0.163 e. The molecule has 0 radical (unpaired) electrons. The molecule has 5 nitrogen and oxygen atoms in total. The lowest BCUT2D eigenvalue weighted by Crippen LogP contribution is -2.16. The van der Waals surface area contributed by atoms with E-state index in [9.17, 15) is 4.39 Å². The maximum atomic E-state index is 13.1. The van der Waals surface area contributed by atoms with E-state index in [0.717, 1.165) is 47.4 Å². The van der Waals surface area contributed by atoms with Gasteiger partial charge in [0.15, 0.2) is 11.5 Å². The van der Waals surface area contributed by atoms with Gasteiger partial charge in [-0.1, -0.05) is 35.9 Å². The van der Waals surface area contributed by atoms with Crippen molar-refractivity contribution in [2.24, 2.45) is 0 Å². The zero-order valence-corrected chi connectivity index (χ0v) is 19.3. The number of nitrogens with one attached hydrogen (secondary N) is 2.